The van der Waals surface area contributed by atoms with Crippen LogP contribution in [0, 0.1) is 0 Å². The minimum absolute atomic E-state index is 0.0839. The number of hydrogen-bond donors (Lipinski definition) is 1. The van der Waals surface area contributed by atoms with E-state index in [4.69, 9.17) is 10.5 Å². The molecule has 1 heterocycles. The monoisotopic (exact) mass is 254 g/mol. The summed E-state index contributed by atoms with van der Waals surface area (Å²) in [6.45, 7) is 2.02. The first-order valence-corrected chi connectivity index (χ1v) is 5.56. The molecular weight excluding hydrogens is 236 g/mol. The molecule has 0 aliphatic rings. The van der Waals surface area contributed by atoms with E-state index in [1.807, 2.05) is 0 Å². The van der Waals surface area contributed by atoms with Gasteiger partial charge in [-0.2, -0.15) is 5.10 Å². The molecule has 0 spiro atoms. The normalized spacial score (nSPS) is 12.0. The Labute approximate surface area is 105 Å². The van der Waals surface area contributed by atoms with Gasteiger partial charge in [-0.15, -0.1) is 0 Å². The fourth-order valence-electron chi connectivity index (χ4n) is 1.11. The molecule has 7 heteroatoms. The highest BCUT2D eigenvalue weighted by Crippen LogP contribution is 2.03. The Balaban J connectivity index is 2.74. The summed E-state index contributed by atoms with van der Waals surface area (Å²) >= 11 is 0. The molecule has 18 heavy (non-hydrogen) atoms. The topological polar surface area (TPSA) is 90.4 Å². The summed E-state index contributed by atoms with van der Waals surface area (Å²) in [4.78, 5) is 24.5. The lowest BCUT2D eigenvalue weighted by molar-refractivity contribution is -0.129. The third kappa shape index (κ3) is 4.17. The van der Waals surface area contributed by atoms with Gasteiger partial charge in [0.2, 0.25) is 5.91 Å². The van der Waals surface area contributed by atoms with Crippen molar-refractivity contribution in [2.24, 2.45) is 5.73 Å². The van der Waals surface area contributed by atoms with Crippen molar-refractivity contribution in [3.63, 3.8) is 0 Å². The first-order chi connectivity index (χ1) is 8.40. The van der Waals surface area contributed by atoms with E-state index < -0.39 is 0 Å². The van der Waals surface area contributed by atoms with Gasteiger partial charge >= 0.3 is 0 Å². The summed E-state index contributed by atoms with van der Waals surface area (Å²) in [5, 5.41) is 3.87. The number of rotatable bonds is 5. The van der Waals surface area contributed by atoms with Crippen molar-refractivity contribution in [2.45, 2.75) is 19.5 Å². The maximum absolute atomic E-state index is 11.7. The molecule has 1 aromatic rings. The fraction of sp³-hybridized carbons (Fsp3) is 0.545. The summed E-state index contributed by atoms with van der Waals surface area (Å²) in [7, 11) is 3.24. The molecule has 1 rings (SSSR count). The van der Waals surface area contributed by atoms with Crippen molar-refractivity contribution in [1.29, 1.82) is 0 Å². The molecule has 0 fully saturated rings. The summed E-state index contributed by atoms with van der Waals surface area (Å²) in [5.41, 5.74) is 5.15. The quantitative estimate of drug-likeness (QED) is 0.732. The van der Waals surface area contributed by atoms with Crippen molar-refractivity contribution in [3.05, 3.63) is 22.6 Å². The minimum Gasteiger partial charge on any atom is -0.490 e. The second kappa shape index (κ2) is 6.15. The van der Waals surface area contributed by atoms with E-state index in [0.717, 1.165) is 4.68 Å². The molecule has 1 amide bonds. The molecule has 1 atom stereocenters. The second-order valence-electron chi connectivity index (χ2n) is 4.26. The number of aromatic nitrogens is 2. The van der Waals surface area contributed by atoms with Gasteiger partial charge in [-0.25, -0.2) is 4.68 Å². The number of nitrogens with zero attached hydrogens (tertiary/aromatic N) is 3. The molecule has 0 saturated heterocycles. The molecule has 0 saturated carbocycles. The molecule has 7 nitrogen and oxygen atoms in total. The Hall–Kier alpha value is -1.89. The molecule has 1 aromatic heterocycles. The molecular formula is C11H18N4O3. The van der Waals surface area contributed by atoms with Crippen molar-refractivity contribution in [3.8, 4) is 5.75 Å². The zero-order valence-corrected chi connectivity index (χ0v) is 10.8. The number of carbonyl (C=O) groups excluding carboxylic acids is 1. The van der Waals surface area contributed by atoms with Gasteiger partial charge in [0.25, 0.3) is 5.56 Å². The minimum atomic E-state index is -0.382. The van der Waals surface area contributed by atoms with E-state index in [0.29, 0.717) is 12.4 Å². The number of nitrogens with two attached hydrogens (primary N) is 1. The van der Waals surface area contributed by atoms with Crippen molar-refractivity contribution < 1.29 is 9.53 Å². The third-order valence-corrected chi connectivity index (χ3v) is 2.14. The van der Waals surface area contributed by atoms with Crippen LogP contribution in [0.3, 0.4) is 0 Å². The Morgan fingerprint density at radius 2 is 2.28 bits per heavy atom. The number of carbonyl (C=O) groups is 1. The average Bonchev–Trinajstić information content (AvgIpc) is 2.29. The first-order valence-electron chi connectivity index (χ1n) is 5.56. The van der Waals surface area contributed by atoms with Crippen LogP contribution in [0.5, 0.6) is 5.75 Å². The molecule has 2 N–H and O–H groups in total. The molecule has 0 aromatic carbocycles. The first kappa shape index (κ1) is 14.2. The van der Waals surface area contributed by atoms with Crippen molar-refractivity contribution in [1.82, 2.24) is 14.7 Å². The largest absolute Gasteiger partial charge is 0.490 e. The van der Waals surface area contributed by atoms with Crippen LogP contribution in [0.1, 0.15) is 6.92 Å². The standard InChI is InChI=1S/C11H18N4O3/c1-8(12)7-18-9-4-10(16)15(13-5-9)6-11(17)14(2)3/h4-5,8H,6-7,12H2,1-3H3. The van der Waals surface area contributed by atoms with E-state index in [2.05, 4.69) is 5.10 Å². The van der Waals surface area contributed by atoms with Gasteiger partial charge in [0, 0.05) is 26.2 Å². The molecule has 0 aliphatic carbocycles. The highest BCUT2D eigenvalue weighted by atomic mass is 16.5. The Bertz CT molecular complexity index is 468. The number of hydrogen-bond acceptors (Lipinski definition) is 5. The van der Waals surface area contributed by atoms with Crippen LogP contribution < -0.4 is 16.0 Å². The molecule has 0 aliphatic heterocycles. The highest BCUT2D eigenvalue weighted by Gasteiger charge is 2.08. The maximum Gasteiger partial charge on any atom is 0.270 e. The van der Waals surface area contributed by atoms with Crippen LogP contribution in [-0.2, 0) is 11.3 Å². The zero-order chi connectivity index (χ0) is 13.7. The maximum atomic E-state index is 11.7. The summed E-state index contributed by atoms with van der Waals surface area (Å²) in [5.74, 6) is 0.153. The Morgan fingerprint density at radius 3 is 2.78 bits per heavy atom. The van der Waals surface area contributed by atoms with Gasteiger partial charge in [0.05, 0.1) is 6.20 Å². The highest BCUT2D eigenvalue weighted by molar-refractivity contribution is 5.75. The van der Waals surface area contributed by atoms with Gasteiger partial charge in [-0.3, -0.25) is 9.59 Å². The van der Waals surface area contributed by atoms with Gasteiger partial charge in [-0.1, -0.05) is 0 Å². The van der Waals surface area contributed by atoms with Gasteiger partial charge in [-0.05, 0) is 6.92 Å². The van der Waals surface area contributed by atoms with Crippen LogP contribution in [0.2, 0.25) is 0 Å². The number of amides is 1. The van der Waals surface area contributed by atoms with Crippen LogP contribution in [-0.4, -0.2) is 47.3 Å². The van der Waals surface area contributed by atoms with E-state index in [9.17, 15) is 9.59 Å². The predicted octanol–water partition coefficient (Wildman–Crippen LogP) is -0.942. The smallest absolute Gasteiger partial charge is 0.270 e. The second-order valence-corrected chi connectivity index (χ2v) is 4.26. The van der Waals surface area contributed by atoms with E-state index in [1.54, 1.807) is 21.0 Å². The lowest BCUT2D eigenvalue weighted by Gasteiger charge is -2.11. The van der Waals surface area contributed by atoms with E-state index in [1.165, 1.54) is 17.2 Å². The van der Waals surface area contributed by atoms with Crippen LogP contribution in [0.15, 0.2) is 17.1 Å². The van der Waals surface area contributed by atoms with Crippen LogP contribution >= 0.6 is 0 Å². The zero-order valence-electron chi connectivity index (χ0n) is 10.8. The predicted molar refractivity (Wildman–Crippen MR) is 66.3 cm³/mol. The summed E-state index contributed by atoms with van der Waals surface area (Å²) in [6, 6.07) is 1.17. The third-order valence-electron chi connectivity index (χ3n) is 2.14. The van der Waals surface area contributed by atoms with Crippen molar-refractivity contribution in [2.75, 3.05) is 20.7 Å². The summed E-state index contributed by atoms with van der Waals surface area (Å²) in [6.07, 6.45) is 1.40. The van der Waals surface area contributed by atoms with Gasteiger partial charge in [0.1, 0.15) is 18.9 Å². The SMILES string of the molecule is CC(N)COc1cnn(CC(=O)N(C)C)c(=O)c1. The number of ether oxygens (including phenoxy) is 1. The lowest BCUT2D eigenvalue weighted by Crippen LogP contribution is -2.32. The molecule has 100 valence electrons. The average molecular weight is 254 g/mol. The Kier molecular flexibility index (Phi) is 4.85. The molecule has 0 radical (unpaired) electrons. The molecule has 0 bridgehead atoms. The Morgan fingerprint density at radius 1 is 1.61 bits per heavy atom. The lowest BCUT2D eigenvalue weighted by atomic mass is 10.4. The van der Waals surface area contributed by atoms with Crippen LogP contribution in [0.4, 0.5) is 0 Å². The van der Waals surface area contributed by atoms with Gasteiger partial charge in [0.15, 0.2) is 0 Å². The molecule has 1 unspecified atom stereocenters. The summed E-state index contributed by atoms with van der Waals surface area (Å²) < 4.78 is 6.34. The van der Waals surface area contributed by atoms with E-state index in [-0.39, 0.29) is 24.1 Å². The van der Waals surface area contributed by atoms with Crippen LogP contribution in [0.25, 0.3) is 0 Å². The van der Waals surface area contributed by atoms with Crippen molar-refractivity contribution >= 4 is 5.91 Å². The van der Waals surface area contributed by atoms with E-state index >= 15 is 0 Å². The number of likely N-dealkylation sites (N-methyl/N-ethyl adjacent to an activating group) is 1. The fourth-order valence-corrected chi connectivity index (χ4v) is 1.11. The van der Waals surface area contributed by atoms with Gasteiger partial charge < -0.3 is 15.4 Å².